The van der Waals surface area contributed by atoms with Gasteiger partial charge in [-0.1, -0.05) is 23.7 Å². The molecule has 2 aromatic rings. The topological polar surface area (TPSA) is 84.2 Å². The maximum atomic E-state index is 11.4. The third kappa shape index (κ3) is 3.09. The van der Waals surface area contributed by atoms with Gasteiger partial charge in [0.1, 0.15) is 5.00 Å². The fourth-order valence-electron chi connectivity index (χ4n) is 1.62. The largest absolute Gasteiger partial charge is 0.366 e. The van der Waals surface area contributed by atoms with Crippen molar-refractivity contribution in [2.45, 2.75) is 0 Å². The predicted octanol–water partition coefficient (Wildman–Crippen LogP) is 2.92. The molecule has 3 amide bonds. The molecular weight excluding hydrogens is 298 g/mol. The molecule has 1 aromatic heterocycles. The van der Waals surface area contributed by atoms with E-state index in [2.05, 4.69) is 10.6 Å². The molecule has 0 saturated carbocycles. The number of amides is 3. The van der Waals surface area contributed by atoms with E-state index in [1.807, 2.05) is 12.1 Å². The first-order valence-electron chi connectivity index (χ1n) is 5.69. The third-order valence-corrected chi connectivity index (χ3v) is 3.90. The first-order chi connectivity index (χ1) is 9.51. The number of nitrogens with one attached hydrogen (secondary N) is 2. The molecule has 1 heterocycles. The maximum absolute atomic E-state index is 11.4. The minimum Gasteiger partial charge on any atom is -0.366 e. The second kappa shape index (κ2) is 5.94. The van der Waals surface area contributed by atoms with Crippen LogP contribution in [0.15, 0.2) is 30.3 Å². The summed E-state index contributed by atoms with van der Waals surface area (Å²) in [5.41, 5.74) is 6.45. The Bertz CT molecular complexity index is 669. The SMILES string of the molecule is CNC(=O)Nc1sc(-c2cccc(Cl)c2)cc1C(N)=O. The van der Waals surface area contributed by atoms with E-state index < -0.39 is 11.9 Å². The van der Waals surface area contributed by atoms with E-state index in [0.717, 1.165) is 10.4 Å². The predicted molar refractivity (Wildman–Crippen MR) is 81.4 cm³/mol. The van der Waals surface area contributed by atoms with Gasteiger partial charge < -0.3 is 11.1 Å². The molecule has 0 bridgehead atoms. The van der Waals surface area contributed by atoms with Crippen molar-refractivity contribution in [3.8, 4) is 10.4 Å². The van der Waals surface area contributed by atoms with Gasteiger partial charge in [0, 0.05) is 16.9 Å². The van der Waals surface area contributed by atoms with E-state index >= 15 is 0 Å². The van der Waals surface area contributed by atoms with Crippen molar-refractivity contribution in [2.24, 2.45) is 5.73 Å². The Balaban J connectivity index is 2.43. The lowest BCUT2D eigenvalue weighted by Crippen LogP contribution is -2.25. The van der Waals surface area contributed by atoms with Crippen LogP contribution in [0.2, 0.25) is 5.02 Å². The summed E-state index contributed by atoms with van der Waals surface area (Å²) < 4.78 is 0. The van der Waals surface area contributed by atoms with Crippen LogP contribution >= 0.6 is 22.9 Å². The van der Waals surface area contributed by atoms with E-state index in [0.29, 0.717) is 10.0 Å². The standard InChI is InChI=1S/C13H12ClN3O2S/c1-16-13(19)17-12-9(11(15)18)6-10(20-12)7-3-2-4-8(14)5-7/h2-6H,1H3,(H2,15,18)(H2,16,17,19). The van der Waals surface area contributed by atoms with Crippen molar-refractivity contribution in [3.63, 3.8) is 0 Å². The van der Waals surface area contributed by atoms with Crippen molar-refractivity contribution >= 4 is 39.9 Å². The van der Waals surface area contributed by atoms with Gasteiger partial charge in [-0.25, -0.2) is 4.79 Å². The quantitative estimate of drug-likeness (QED) is 0.814. The number of urea groups is 1. The summed E-state index contributed by atoms with van der Waals surface area (Å²) in [5, 5.41) is 6.01. The van der Waals surface area contributed by atoms with Crippen LogP contribution in [-0.2, 0) is 0 Å². The number of carbonyl (C=O) groups excluding carboxylic acids is 2. The Labute approximate surface area is 124 Å². The molecule has 7 heteroatoms. The van der Waals surface area contributed by atoms with Crippen LogP contribution in [0.4, 0.5) is 9.80 Å². The van der Waals surface area contributed by atoms with Gasteiger partial charge in [-0.05, 0) is 23.8 Å². The average molecular weight is 310 g/mol. The van der Waals surface area contributed by atoms with Gasteiger partial charge in [0.25, 0.3) is 5.91 Å². The molecule has 0 aliphatic rings. The van der Waals surface area contributed by atoms with Gasteiger partial charge in [-0.15, -0.1) is 11.3 Å². The fraction of sp³-hybridized carbons (Fsp3) is 0.0769. The normalized spacial score (nSPS) is 10.1. The van der Waals surface area contributed by atoms with Gasteiger partial charge in [-0.2, -0.15) is 0 Å². The lowest BCUT2D eigenvalue weighted by molar-refractivity contribution is 0.100. The van der Waals surface area contributed by atoms with Crippen LogP contribution < -0.4 is 16.4 Å². The Morgan fingerprint density at radius 1 is 1.30 bits per heavy atom. The zero-order chi connectivity index (χ0) is 14.7. The van der Waals surface area contributed by atoms with E-state index in [1.165, 1.54) is 18.4 Å². The molecule has 104 valence electrons. The first-order valence-corrected chi connectivity index (χ1v) is 6.89. The highest BCUT2D eigenvalue weighted by atomic mass is 35.5. The van der Waals surface area contributed by atoms with Gasteiger partial charge in [0.05, 0.1) is 5.56 Å². The number of halogens is 1. The number of carbonyl (C=O) groups is 2. The van der Waals surface area contributed by atoms with Crippen molar-refractivity contribution < 1.29 is 9.59 Å². The van der Waals surface area contributed by atoms with Crippen molar-refractivity contribution in [3.05, 3.63) is 40.9 Å². The molecule has 0 unspecified atom stereocenters. The highest BCUT2D eigenvalue weighted by molar-refractivity contribution is 7.20. The van der Waals surface area contributed by atoms with E-state index in [-0.39, 0.29) is 5.56 Å². The second-order valence-corrected chi connectivity index (χ2v) is 5.42. The molecule has 0 saturated heterocycles. The molecule has 1 aromatic carbocycles. The lowest BCUT2D eigenvalue weighted by atomic mass is 10.1. The zero-order valence-electron chi connectivity index (χ0n) is 10.6. The summed E-state index contributed by atoms with van der Waals surface area (Å²) in [4.78, 5) is 23.6. The Morgan fingerprint density at radius 2 is 2.05 bits per heavy atom. The summed E-state index contributed by atoms with van der Waals surface area (Å²) in [7, 11) is 1.49. The Morgan fingerprint density at radius 3 is 2.65 bits per heavy atom. The van der Waals surface area contributed by atoms with Crippen LogP contribution in [-0.4, -0.2) is 19.0 Å². The Kier molecular flexibility index (Phi) is 4.26. The number of thiophene rings is 1. The first kappa shape index (κ1) is 14.4. The van der Waals surface area contributed by atoms with Crippen LogP contribution in [0, 0.1) is 0 Å². The summed E-state index contributed by atoms with van der Waals surface area (Å²) in [6, 6.07) is 8.45. The number of rotatable bonds is 3. The van der Waals surface area contributed by atoms with Crippen molar-refractivity contribution in [1.82, 2.24) is 5.32 Å². The van der Waals surface area contributed by atoms with E-state index in [1.54, 1.807) is 18.2 Å². The molecular formula is C13H12ClN3O2S. The van der Waals surface area contributed by atoms with Gasteiger partial charge in [0.2, 0.25) is 0 Å². The number of hydrogen-bond donors (Lipinski definition) is 3. The molecule has 0 radical (unpaired) electrons. The van der Waals surface area contributed by atoms with E-state index in [9.17, 15) is 9.59 Å². The minimum atomic E-state index is -0.596. The summed E-state index contributed by atoms with van der Waals surface area (Å²) in [6.07, 6.45) is 0. The van der Waals surface area contributed by atoms with Gasteiger partial charge in [-0.3, -0.25) is 10.1 Å². The molecule has 4 N–H and O–H groups in total. The Hall–Kier alpha value is -2.05. The average Bonchev–Trinajstić information content (AvgIpc) is 2.82. The molecule has 0 spiro atoms. The van der Waals surface area contributed by atoms with Gasteiger partial charge in [0.15, 0.2) is 0 Å². The highest BCUT2D eigenvalue weighted by Gasteiger charge is 2.16. The van der Waals surface area contributed by atoms with Crippen LogP contribution in [0.25, 0.3) is 10.4 Å². The fourth-order valence-corrected chi connectivity index (χ4v) is 2.86. The number of nitrogens with two attached hydrogens (primary N) is 1. The van der Waals surface area contributed by atoms with Crippen molar-refractivity contribution in [1.29, 1.82) is 0 Å². The van der Waals surface area contributed by atoms with E-state index in [4.69, 9.17) is 17.3 Å². The van der Waals surface area contributed by atoms with Crippen LogP contribution in [0.3, 0.4) is 0 Å². The zero-order valence-corrected chi connectivity index (χ0v) is 12.1. The molecule has 0 fully saturated rings. The lowest BCUT2D eigenvalue weighted by Gasteiger charge is -2.02. The number of anilines is 1. The number of primary amides is 1. The van der Waals surface area contributed by atoms with Crippen LogP contribution in [0.1, 0.15) is 10.4 Å². The number of benzene rings is 1. The van der Waals surface area contributed by atoms with Crippen molar-refractivity contribution in [2.75, 3.05) is 12.4 Å². The monoisotopic (exact) mass is 309 g/mol. The maximum Gasteiger partial charge on any atom is 0.319 e. The molecule has 0 aliphatic carbocycles. The number of hydrogen-bond acceptors (Lipinski definition) is 3. The smallest absolute Gasteiger partial charge is 0.319 e. The summed E-state index contributed by atoms with van der Waals surface area (Å²) in [5.74, 6) is -0.596. The van der Waals surface area contributed by atoms with Crippen LogP contribution in [0.5, 0.6) is 0 Å². The minimum absolute atomic E-state index is 0.272. The summed E-state index contributed by atoms with van der Waals surface area (Å²) in [6.45, 7) is 0. The molecule has 0 atom stereocenters. The highest BCUT2D eigenvalue weighted by Crippen LogP contribution is 2.36. The molecule has 5 nitrogen and oxygen atoms in total. The third-order valence-electron chi connectivity index (χ3n) is 2.56. The molecule has 20 heavy (non-hydrogen) atoms. The molecule has 2 rings (SSSR count). The summed E-state index contributed by atoms with van der Waals surface area (Å²) >= 11 is 7.21. The second-order valence-electron chi connectivity index (χ2n) is 3.93. The van der Waals surface area contributed by atoms with Gasteiger partial charge >= 0.3 is 6.03 Å². The molecule has 0 aliphatic heterocycles.